The van der Waals surface area contributed by atoms with Gasteiger partial charge in [0.15, 0.2) is 0 Å². The van der Waals surface area contributed by atoms with Gasteiger partial charge in [0, 0.05) is 49.2 Å². The molecule has 1 aliphatic carbocycles. The van der Waals surface area contributed by atoms with Crippen LogP contribution in [0.3, 0.4) is 0 Å². The highest BCUT2D eigenvalue weighted by Crippen LogP contribution is 2.50. The number of nitrogens with one attached hydrogen (secondary N) is 4. The first-order chi connectivity index (χ1) is 18.8. The van der Waals surface area contributed by atoms with Crippen LogP contribution >= 0.6 is 0 Å². The van der Waals surface area contributed by atoms with E-state index in [2.05, 4.69) is 38.4 Å². The number of pyridine rings is 1. The van der Waals surface area contributed by atoms with Crippen molar-refractivity contribution in [2.75, 3.05) is 30.8 Å². The maximum atomic E-state index is 13.7. The van der Waals surface area contributed by atoms with Gasteiger partial charge in [-0.15, -0.1) is 0 Å². The molecule has 0 atom stereocenters. The number of halogens is 3. The molecule has 0 saturated heterocycles. The van der Waals surface area contributed by atoms with Gasteiger partial charge in [-0.1, -0.05) is 6.07 Å². The number of rotatable bonds is 6. The van der Waals surface area contributed by atoms with E-state index in [4.69, 9.17) is 4.99 Å². The molecule has 214 valence electrons. The second-order valence-electron chi connectivity index (χ2n) is 11.8. The lowest BCUT2D eigenvalue weighted by Gasteiger charge is -2.31. The number of aromatic nitrogens is 1. The quantitative estimate of drug-likeness (QED) is 0.416. The molecule has 5 rings (SSSR count). The van der Waals surface area contributed by atoms with E-state index >= 15 is 0 Å². The van der Waals surface area contributed by atoms with Gasteiger partial charge in [0.1, 0.15) is 11.2 Å². The van der Waals surface area contributed by atoms with Gasteiger partial charge in [-0.25, -0.2) is 0 Å². The Labute approximate surface area is 232 Å². The minimum atomic E-state index is -4.48. The fourth-order valence-electron chi connectivity index (χ4n) is 5.13. The van der Waals surface area contributed by atoms with Gasteiger partial charge in [0.05, 0.1) is 17.8 Å². The molecule has 1 fully saturated rings. The van der Waals surface area contributed by atoms with Crippen molar-refractivity contribution in [3.05, 3.63) is 64.7 Å². The summed E-state index contributed by atoms with van der Waals surface area (Å²) in [5, 5.41) is 12.9. The Hall–Kier alpha value is -3.60. The van der Waals surface area contributed by atoms with Crippen LogP contribution in [0.2, 0.25) is 0 Å². The van der Waals surface area contributed by atoms with Crippen molar-refractivity contribution in [1.29, 1.82) is 0 Å². The molecule has 1 aromatic heterocycles. The number of aliphatic imine (C=N–C) groups is 1. The van der Waals surface area contributed by atoms with Crippen LogP contribution in [0.5, 0.6) is 0 Å². The van der Waals surface area contributed by atoms with Crippen molar-refractivity contribution < 1.29 is 18.0 Å². The summed E-state index contributed by atoms with van der Waals surface area (Å²) in [5.41, 5.74) is 2.25. The number of anilines is 2. The molecule has 8 nitrogen and oxygen atoms in total. The highest BCUT2D eigenvalue weighted by atomic mass is 19.4. The Bertz CT molecular complexity index is 1380. The molecule has 0 radical (unpaired) electrons. The van der Waals surface area contributed by atoms with Crippen molar-refractivity contribution in [3.63, 3.8) is 0 Å². The van der Waals surface area contributed by atoms with E-state index in [1.165, 1.54) is 36.2 Å². The Morgan fingerprint density at radius 2 is 1.82 bits per heavy atom. The lowest BCUT2D eigenvalue weighted by molar-refractivity contribution is -0.181. The fraction of sp³-hybridized carbons (Fsp3) is 0.483. The molecule has 40 heavy (non-hydrogen) atoms. The molecule has 0 unspecified atom stereocenters. The number of benzene rings is 1. The van der Waals surface area contributed by atoms with E-state index < -0.39 is 11.6 Å². The van der Waals surface area contributed by atoms with Crippen molar-refractivity contribution in [3.8, 4) is 0 Å². The van der Waals surface area contributed by atoms with Crippen LogP contribution < -0.4 is 21.3 Å². The summed E-state index contributed by atoms with van der Waals surface area (Å²) in [6.07, 6.45) is -0.752. The molecule has 2 aromatic rings. The summed E-state index contributed by atoms with van der Waals surface area (Å²) in [6, 6.07) is 9.17. The van der Waals surface area contributed by atoms with Crippen LogP contribution in [-0.2, 0) is 22.2 Å². The van der Waals surface area contributed by atoms with Crippen LogP contribution in [0.25, 0.3) is 0 Å². The lowest BCUT2D eigenvalue weighted by Crippen LogP contribution is -2.43. The van der Waals surface area contributed by atoms with Crippen molar-refractivity contribution in [2.24, 2.45) is 4.99 Å². The first-order valence-corrected chi connectivity index (χ1v) is 13.5. The smallest absolute Gasteiger partial charge is 0.350 e. The minimum Gasteiger partial charge on any atom is -0.350 e. The zero-order valence-corrected chi connectivity index (χ0v) is 23.5. The lowest BCUT2D eigenvalue weighted by atomic mass is 9.88. The molecule has 1 saturated carbocycles. The molecule has 3 aliphatic rings. The van der Waals surface area contributed by atoms with E-state index in [1.807, 2.05) is 31.9 Å². The largest absolute Gasteiger partial charge is 0.399 e. The second-order valence-corrected chi connectivity index (χ2v) is 11.8. The molecular formula is C29H36F3N7O. The van der Waals surface area contributed by atoms with Gasteiger partial charge in [-0.3, -0.25) is 9.78 Å². The van der Waals surface area contributed by atoms with Crippen LogP contribution in [0.1, 0.15) is 57.4 Å². The molecule has 3 heterocycles. The van der Waals surface area contributed by atoms with Gasteiger partial charge in [-0.05, 0) is 75.9 Å². The molecular weight excluding hydrogens is 519 g/mol. The van der Waals surface area contributed by atoms with E-state index in [-0.39, 0.29) is 35.4 Å². The summed E-state index contributed by atoms with van der Waals surface area (Å²) in [5.74, 6) is 0.474. The third kappa shape index (κ3) is 5.39. The van der Waals surface area contributed by atoms with Crippen LogP contribution in [-0.4, -0.2) is 54.1 Å². The summed E-state index contributed by atoms with van der Waals surface area (Å²) in [7, 11) is 1.83. The fourth-order valence-corrected chi connectivity index (χ4v) is 5.13. The number of fused-ring (bicyclic) bond motifs is 2. The monoisotopic (exact) mass is 555 g/mol. The molecule has 1 amide bonds. The predicted molar refractivity (Wildman–Crippen MR) is 150 cm³/mol. The first kappa shape index (κ1) is 27.9. The molecule has 1 aromatic carbocycles. The maximum Gasteiger partial charge on any atom is 0.399 e. The average molecular weight is 556 g/mol. The number of guanidine groups is 1. The Morgan fingerprint density at radius 1 is 1.10 bits per heavy atom. The highest BCUT2D eigenvalue weighted by Gasteiger charge is 2.49. The number of amides is 1. The van der Waals surface area contributed by atoms with Gasteiger partial charge in [0.25, 0.3) is 5.91 Å². The van der Waals surface area contributed by atoms with Crippen LogP contribution in [0.15, 0.2) is 52.9 Å². The molecule has 2 aliphatic heterocycles. The molecule has 11 heteroatoms. The topological polar surface area (TPSA) is 93.7 Å². The number of hydrogen-bond acceptors (Lipinski definition) is 7. The zero-order chi connectivity index (χ0) is 28.9. The average Bonchev–Trinajstić information content (AvgIpc) is 3.64. The summed E-state index contributed by atoms with van der Waals surface area (Å²) in [6.45, 7) is 7.97. The predicted octanol–water partition coefficient (Wildman–Crippen LogP) is 4.62. The second kappa shape index (κ2) is 10.1. The Morgan fingerprint density at radius 3 is 2.50 bits per heavy atom. The zero-order valence-electron chi connectivity index (χ0n) is 23.5. The molecule has 1 spiro atoms. The van der Waals surface area contributed by atoms with Gasteiger partial charge >= 0.3 is 6.18 Å². The van der Waals surface area contributed by atoms with Gasteiger partial charge in [-0.2, -0.15) is 18.2 Å². The minimum absolute atomic E-state index is 0.103. The summed E-state index contributed by atoms with van der Waals surface area (Å²) in [4.78, 5) is 23.7. The molecule has 0 bridgehead atoms. The normalized spacial score (nSPS) is 18.4. The van der Waals surface area contributed by atoms with Crippen molar-refractivity contribution in [2.45, 2.75) is 70.1 Å². The maximum absolute atomic E-state index is 13.7. The van der Waals surface area contributed by atoms with Gasteiger partial charge < -0.3 is 26.2 Å². The third-order valence-electron chi connectivity index (χ3n) is 7.89. The van der Waals surface area contributed by atoms with Crippen molar-refractivity contribution in [1.82, 2.24) is 20.5 Å². The van der Waals surface area contributed by atoms with Crippen LogP contribution in [0, 0.1) is 0 Å². The first-order valence-electron chi connectivity index (χ1n) is 13.5. The van der Waals surface area contributed by atoms with E-state index in [9.17, 15) is 18.0 Å². The van der Waals surface area contributed by atoms with E-state index in [0.717, 1.165) is 32.6 Å². The molecule has 4 N–H and O–H groups in total. The van der Waals surface area contributed by atoms with Crippen molar-refractivity contribution >= 4 is 23.2 Å². The number of likely N-dealkylation sites (N-methyl/N-ethyl adjacent to an activating group) is 1. The Kier molecular flexibility index (Phi) is 7.06. The standard InChI is InChI=1S/C29H36F3N7O/c1-17(2)35-25(40)21-15-39(5)26(37-19-6-7-22-18(12-19)14-33-16-28(22)9-10-28)38-24(21)36-20-8-11-34-23(13-20)27(3,4)29(30,31)32/h6-8,11-13,17,33H,9-10,14-16H2,1-5H3,(H,34,36)(H,35,40)(H,37,38). The van der Waals surface area contributed by atoms with Gasteiger partial charge in [0.2, 0.25) is 5.96 Å². The number of alkyl halides is 3. The summed E-state index contributed by atoms with van der Waals surface area (Å²) < 4.78 is 41.1. The Balaban J connectivity index is 1.46. The number of hydrogen-bond donors (Lipinski definition) is 4. The van der Waals surface area contributed by atoms with Crippen LogP contribution in [0.4, 0.5) is 24.5 Å². The highest BCUT2D eigenvalue weighted by molar-refractivity contribution is 6.01. The SMILES string of the molecule is CC(C)NC(=O)C1=C(Nc2ccnc(C(C)(C)C(F)(F)F)c2)N=C(Nc2ccc3c(c2)CNCC32CC2)N(C)C1. The number of nitrogens with zero attached hydrogens (tertiary/aromatic N) is 3. The third-order valence-corrected chi connectivity index (χ3v) is 7.89. The van der Waals surface area contributed by atoms with E-state index in [1.54, 1.807) is 6.07 Å². The summed E-state index contributed by atoms with van der Waals surface area (Å²) >= 11 is 0. The van der Waals surface area contributed by atoms with E-state index in [0.29, 0.717) is 17.2 Å². The number of carbonyl (C=O) groups excluding carboxylic acids is 1. The number of carbonyl (C=O) groups is 1.